The highest BCUT2D eigenvalue weighted by Gasteiger charge is 2.42. The molecule has 0 saturated carbocycles. The number of piperidine rings is 1. The van der Waals surface area contributed by atoms with E-state index >= 15 is 0 Å². The smallest absolute Gasteiger partial charge is 0.246 e. The number of likely N-dealkylation sites (tertiary alicyclic amines) is 1. The van der Waals surface area contributed by atoms with E-state index in [1.165, 1.54) is 5.56 Å². The first-order chi connectivity index (χ1) is 14.5. The number of hydrogen-bond acceptors (Lipinski definition) is 6. The number of methoxy groups -OCH3 is 1. The standard InChI is InChI=1S/C22H29N3O4S/c1-28-14-13-25-17-22(18-29-20-6-2-3-7-21(20)30(25,26)27)8-11-24(12-9-22)16-19-5-4-10-23-15-19/h2-7,10,15H,8-9,11-14,16-18H2,1H3. The van der Waals surface area contributed by atoms with Crippen LogP contribution in [-0.4, -0.2) is 69.1 Å². The van der Waals surface area contributed by atoms with Crippen molar-refractivity contribution in [2.75, 3.05) is 46.5 Å². The summed E-state index contributed by atoms with van der Waals surface area (Å²) in [5.74, 6) is 0.441. The highest BCUT2D eigenvalue weighted by Crippen LogP contribution is 2.39. The zero-order chi connectivity index (χ0) is 21.0. The largest absolute Gasteiger partial charge is 0.492 e. The van der Waals surface area contributed by atoms with Crippen LogP contribution in [0.15, 0.2) is 53.7 Å². The van der Waals surface area contributed by atoms with Crippen molar-refractivity contribution in [3.63, 3.8) is 0 Å². The van der Waals surface area contributed by atoms with Gasteiger partial charge in [0.1, 0.15) is 10.6 Å². The number of fused-ring (bicyclic) bond motifs is 1. The van der Waals surface area contributed by atoms with Crippen LogP contribution >= 0.6 is 0 Å². The summed E-state index contributed by atoms with van der Waals surface area (Å²) in [6.45, 7) is 4.34. The van der Waals surface area contributed by atoms with Crippen molar-refractivity contribution in [3.8, 4) is 5.75 Å². The number of benzene rings is 1. The molecule has 0 radical (unpaired) electrons. The van der Waals surface area contributed by atoms with Gasteiger partial charge in [-0.2, -0.15) is 4.31 Å². The third-order valence-electron chi connectivity index (χ3n) is 6.10. The highest BCUT2D eigenvalue weighted by molar-refractivity contribution is 7.89. The first kappa shape index (κ1) is 21.2. The summed E-state index contributed by atoms with van der Waals surface area (Å²) in [4.78, 5) is 6.85. The molecule has 0 amide bonds. The Balaban J connectivity index is 1.54. The molecule has 1 saturated heterocycles. The van der Waals surface area contributed by atoms with E-state index in [1.807, 2.05) is 18.3 Å². The third kappa shape index (κ3) is 4.51. The maximum absolute atomic E-state index is 13.4. The molecule has 0 N–H and O–H groups in total. The number of para-hydroxylation sites is 1. The van der Waals surface area contributed by atoms with Crippen LogP contribution in [0.5, 0.6) is 5.75 Å². The zero-order valence-electron chi connectivity index (χ0n) is 17.4. The molecule has 0 unspecified atom stereocenters. The monoisotopic (exact) mass is 431 g/mol. The molecule has 8 heteroatoms. The van der Waals surface area contributed by atoms with Gasteiger partial charge in [0.25, 0.3) is 0 Å². The highest BCUT2D eigenvalue weighted by atomic mass is 32.2. The number of hydrogen-bond donors (Lipinski definition) is 0. The minimum absolute atomic E-state index is 0.209. The molecule has 0 aliphatic carbocycles. The maximum Gasteiger partial charge on any atom is 0.246 e. The second-order valence-electron chi connectivity index (χ2n) is 8.20. The van der Waals surface area contributed by atoms with Gasteiger partial charge in [-0.25, -0.2) is 8.42 Å². The SMILES string of the molecule is COCCN1CC2(CCN(Cc3cccnc3)CC2)COc2ccccc2S1(=O)=O. The molecule has 1 aromatic heterocycles. The van der Waals surface area contributed by atoms with Crippen LogP contribution in [0.4, 0.5) is 0 Å². The van der Waals surface area contributed by atoms with Crippen LogP contribution in [0.1, 0.15) is 18.4 Å². The summed E-state index contributed by atoms with van der Waals surface area (Å²) in [6, 6.07) is 11.0. The Labute approximate surface area is 178 Å². The fourth-order valence-corrected chi connectivity index (χ4v) is 5.96. The Morgan fingerprint density at radius 3 is 2.70 bits per heavy atom. The van der Waals surface area contributed by atoms with Crippen molar-refractivity contribution in [1.29, 1.82) is 0 Å². The summed E-state index contributed by atoms with van der Waals surface area (Å²) in [6.07, 6.45) is 5.45. The van der Waals surface area contributed by atoms with E-state index in [0.717, 1.165) is 32.5 Å². The van der Waals surface area contributed by atoms with E-state index in [2.05, 4.69) is 16.0 Å². The second kappa shape index (κ2) is 9.01. The molecule has 1 aromatic carbocycles. The molecule has 1 spiro atoms. The van der Waals surface area contributed by atoms with Gasteiger partial charge in [-0.1, -0.05) is 18.2 Å². The number of ether oxygens (including phenoxy) is 2. The Bertz CT molecular complexity index is 944. The fourth-order valence-electron chi connectivity index (χ4n) is 4.29. The van der Waals surface area contributed by atoms with Crippen molar-refractivity contribution < 1.29 is 17.9 Å². The Morgan fingerprint density at radius 1 is 1.17 bits per heavy atom. The molecule has 2 aliphatic rings. The molecular formula is C22H29N3O4S. The van der Waals surface area contributed by atoms with E-state index in [1.54, 1.807) is 35.8 Å². The quantitative estimate of drug-likeness (QED) is 0.724. The van der Waals surface area contributed by atoms with Crippen molar-refractivity contribution >= 4 is 10.0 Å². The number of pyridine rings is 1. The molecule has 162 valence electrons. The minimum Gasteiger partial charge on any atom is -0.492 e. The number of rotatable bonds is 5. The van der Waals surface area contributed by atoms with Crippen LogP contribution in [-0.2, 0) is 21.3 Å². The molecule has 30 heavy (non-hydrogen) atoms. The lowest BCUT2D eigenvalue weighted by atomic mass is 9.78. The van der Waals surface area contributed by atoms with E-state index in [9.17, 15) is 8.42 Å². The van der Waals surface area contributed by atoms with E-state index < -0.39 is 10.0 Å². The van der Waals surface area contributed by atoms with Gasteiger partial charge in [-0.05, 0) is 49.7 Å². The number of aromatic nitrogens is 1. The lowest BCUT2D eigenvalue weighted by Gasteiger charge is -2.45. The average Bonchev–Trinajstić information content (AvgIpc) is 2.77. The Kier molecular flexibility index (Phi) is 6.38. The number of nitrogens with zero attached hydrogens (tertiary/aromatic N) is 3. The van der Waals surface area contributed by atoms with Gasteiger partial charge < -0.3 is 9.47 Å². The van der Waals surface area contributed by atoms with Gasteiger partial charge in [0.05, 0.1) is 13.2 Å². The van der Waals surface area contributed by atoms with Crippen molar-refractivity contribution in [2.45, 2.75) is 24.3 Å². The lowest BCUT2D eigenvalue weighted by molar-refractivity contribution is 0.0289. The molecule has 7 nitrogen and oxygen atoms in total. The predicted molar refractivity (Wildman–Crippen MR) is 114 cm³/mol. The van der Waals surface area contributed by atoms with Crippen LogP contribution in [0.25, 0.3) is 0 Å². The average molecular weight is 432 g/mol. The first-order valence-corrected chi connectivity index (χ1v) is 11.8. The topological polar surface area (TPSA) is 72.0 Å². The van der Waals surface area contributed by atoms with Crippen LogP contribution < -0.4 is 4.74 Å². The summed E-state index contributed by atoms with van der Waals surface area (Å²) in [7, 11) is -2.05. The number of sulfonamides is 1. The van der Waals surface area contributed by atoms with Gasteiger partial charge in [-0.3, -0.25) is 9.88 Å². The molecule has 1 fully saturated rings. The normalized spacial score (nSPS) is 21.4. The molecule has 3 heterocycles. The summed E-state index contributed by atoms with van der Waals surface area (Å²) in [5, 5.41) is 0. The van der Waals surface area contributed by atoms with Gasteiger partial charge in [0, 0.05) is 44.6 Å². The fraction of sp³-hybridized carbons (Fsp3) is 0.500. The Morgan fingerprint density at radius 2 is 1.97 bits per heavy atom. The summed E-state index contributed by atoms with van der Waals surface area (Å²) < 4.78 is 39.7. The second-order valence-corrected chi connectivity index (χ2v) is 10.1. The summed E-state index contributed by atoms with van der Waals surface area (Å²) in [5.41, 5.74) is 0.986. The molecule has 2 aromatic rings. The van der Waals surface area contributed by atoms with Gasteiger partial charge in [-0.15, -0.1) is 0 Å². The molecule has 0 bridgehead atoms. The first-order valence-electron chi connectivity index (χ1n) is 10.3. The lowest BCUT2D eigenvalue weighted by Crippen LogP contribution is -2.51. The zero-order valence-corrected chi connectivity index (χ0v) is 18.2. The van der Waals surface area contributed by atoms with Crippen molar-refractivity contribution in [1.82, 2.24) is 14.2 Å². The van der Waals surface area contributed by atoms with Gasteiger partial charge in [0.2, 0.25) is 10.0 Å². The third-order valence-corrected chi connectivity index (χ3v) is 7.99. The molecule has 4 rings (SSSR count). The van der Waals surface area contributed by atoms with Crippen molar-refractivity contribution in [2.24, 2.45) is 5.41 Å². The van der Waals surface area contributed by atoms with Gasteiger partial charge in [0.15, 0.2) is 0 Å². The molecule has 0 atom stereocenters. The maximum atomic E-state index is 13.4. The van der Waals surface area contributed by atoms with E-state index in [0.29, 0.717) is 32.1 Å². The van der Waals surface area contributed by atoms with Gasteiger partial charge >= 0.3 is 0 Å². The molecule has 2 aliphatic heterocycles. The predicted octanol–water partition coefficient (Wildman–Crippen LogP) is 2.39. The minimum atomic E-state index is -3.65. The Hall–Kier alpha value is -2.00. The summed E-state index contributed by atoms with van der Waals surface area (Å²) >= 11 is 0. The van der Waals surface area contributed by atoms with E-state index in [4.69, 9.17) is 9.47 Å². The van der Waals surface area contributed by atoms with E-state index in [-0.39, 0.29) is 10.3 Å². The van der Waals surface area contributed by atoms with Crippen molar-refractivity contribution in [3.05, 3.63) is 54.4 Å². The molecular weight excluding hydrogens is 402 g/mol. The van der Waals surface area contributed by atoms with Crippen LogP contribution in [0, 0.1) is 5.41 Å². The van der Waals surface area contributed by atoms with Crippen LogP contribution in [0.3, 0.4) is 0 Å². The van der Waals surface area contributed by atoms with Crippen LogP contribution in [0.2, 0.25) is 0 Å².